The second-order valence-electron chi connectivity index (χ2n) is 7.73. The molecular formula is C20H30N2O3. The van der Waals surface area contributed by atoms with Crippen molar-refractivity contribution in [1.29, 1.82) is 0 Å². The fourth-order valence-corrected chi connectivity index (χ4v) is 4.04. The summed E-state index contributed by atoms with van der Waals surface area (Å²) in [4.78, 5) is 14.6. The predicted octanol–water partition coefficient (Wildman–Crippen LogP) is 2.81. The van der Waals surface area contributed by atoms with Crippen molar-refractivity contribution in [2.75, 3.05) is 6.54 Å². The van der Waals surface area contributed by atoms with Gasteiger partial charge in [-0.2, -0.15) is 0 Å². The van der Waals surface area contributed by atoms with Crippen molar-refractivity contribution in [1.82, 2.24) is 10.2 Å². The van der Waals surface area contributed by atoms with E-state index >= 15 is 0 Å². The van der Waals surface area contributed by atoms with Gasteiger partial charge in [-0.3, -0.25) is 0 Å². The van der Waals surface area contributed by atoms with Crippen molar-refractivity contribution in [3.8, 4) is 0 Å². The number of hydrogen-bond donors (Lipinski definition) is 3. The highest BCUT2D eigenvalue weighted by Crippen LogP contribution is 2.30. The number of aliphatic hydroxyl groups is 2. The average Bonchev–Trinajstić information content (AvgIpc) is 3.03. The lowest BCUT2D eigenvalue weighted by atomic mass is 9.93. The van der Waals surface area contributed by atoms with Gasteiger partial charge >= 0.3 is 6.03 Å². The van der Waals surface area contributed by atoms with E-state index < -0.39 is 5.60 Å². The van der Waals surface area contributed by atoms with Gasteiger partial charge in [-0.1, -0.05) is 43.2 Å². The zero-order valence-electron chi connectivity index (χ0n) is 14.9. The van der Waals surface area contributed by atoms with Crippen LogP contribution in [0.25, 0.3) is 0 Å². The monoisotopic (exact) mass is 346 g/mol. The summed E-state index contributed by atoms with van der Waals surface area (Å²) in [7, 11) is 0. The number of rotatable bonds is 5. The number of aliphatic hydroxyl groups excluding tert-OH is 1. The molecule has 0 unspecified atom stereocenters. The first-order valence-corrected chi connectivity index (χ1v) is 9.54. The van der Waals surface area contributed by atoms with Crippen LogP contribution in [0.2, 0.25) is 0 Å². The van der Waals surface area contributed by atoms with Crippen LogP contribution < -0.4 is 5.32 Å². The summed E-state index contributed by atoms with van der Waals surface area (Å²) >= 11 is 0. The highest BCUT2D eigenvalue weighted by Gasteiger charge is 2.35. The molecule has 2 saturated carbocycles. The lowest BCUT2D eigenvalue weighted by molar-refractivity contribution is 0.0168. The van der Waals surface area contributed by atoms with E-state index in [-0.39, 0.29) is 18.2 Å². The van der Waals surface area contributed by atoms with Gasteiger partial charge in [0.2, 0.25) is 0 Å². The lowest BCUT2D eigenvalue weighted by Crippen LogP contribution is -2.50. The Balaban J connectivity index is 1.65. The van der Waals surface area contributed by atoms with E-state index in [1.54, 1.807) is 4.90 Å². The number of carbonyl (C=O) groups is 1. The molecule has 1 aromatic carbocycles. The van der Waals surface area contributed by atoms with E-state index in [9.17, 15) is 15.0 Å². The molecule has 3 N–H and O–H groups in total. The number of amides is 2. The molecule has 0 atom stereocenters. The van der Waals surface area contributed by atoms with Crippen LogP contribution in [-0.2, 0) is 6.54 Å². The molecule has 25 heavy (non-hydrogen) atoms. The predicted molar refractivity (Wildman–Crippen MR) is 97.1 cm³/mol. The molecule has 5 heteroatoms. The summed E-state index contributed by atoms with van der Waals surface area (Å²) in [6, 6.07) is 9.94. The number of hydrogen-bond acceptors (Lipinski definition) is 3. The van der Waals surface area contributed by atoms with Crippen LogP contribution in [0.3, 0.4) is 0 Å². The molecule has 2 aliphatic carbocycles. The molecular weight excluding hydrogens is 316 g/mol. The normalized spacial score (nSPS) is 25.5. The molecule has 2 amide bonds. The Hall–Kier alpha value is -1.59. The maximum absolute atomic E-state index is 12.9. The molecule has 5 nitrogen and oxygen atoms in total. The summed E-state index contributed by atoms with van der Waals surface area (Å²) < 4.78 is 0. The number of nitrogens with one attached hydrogen (secondary N) is 1. The van der Waals surface area contributed by atoms with Gasteiger partial charge in [-0.15, -0.1) is 0 Å². The number of nitrogens with zero attached hydrogens (tertiary/aromatic N) is 1. The van der Waals surface area contributed by atoms with Crippen LogP contribution in [0.5, 0.6) is 0 Å². The molecule has 3 rings (SSSR count). The van der Waals surface area contributed by atoms with Gasteiger partial charge in [-0.25, -0.2) is 4.79 Å². The van der Waals surface area contributed by atoms with Crippen LogP contribution in [0.1, 0.15) is 56.9 Å². The van der Waals surface area contributed by atoms with Gasteiger partial charge in [0.25, 0.3) is 0 Å². The Morgan fingerprint density at radius 3 is 2.40 bits per heavy atom. The van der Waals surface area contributed by atoms with Crippen LogP contribution in [-0.4, -0.2) is 45.4 Å². The average molecular weight is 346 g/mol. The summed E-state index contributed by atoms with van der Waals surface area (Å²) in [5, 5.41) is 23.5. The standard InChI is InChI=1S/C20H30N2O3/c23-18-10-8-17(9-11-18)21-19(24)22(14-16-6-2-1-3-7-16)15-20(25)12-4-5-13-20/h1-3,6-7,17-18,23,25H,4-5,8-15H2,(H,21,24). The number of benzene rings is 1. The van der Waals surface area contributed by atoms with Crippen LogP contribution >= 0.6 is 0 Å². The second kappa shape index (κ2) is 8.19. The largest absolute Gasteiger partial charge is 0.393 e. The first kappa shape index (κ1) is 18.2. The molecule has 2 fully saturated rings. The first-order chi connectivity index (χ1) is 12.0. The number of carbonyl (C=O) groups excluding carboxylic acids is 1. The zero-order valence-corrected chi connectivity index (χ0v) is 14.9. The molecule has 0 spiro atoms. The Morgan fingerprint density at radius 1 is 1.12 bits per heavy atom. The Bertz CT molecular complexity index is 549. The Labute approximate surface area is 150 Å². The van der Waals surface area contributed by atoms with E-state index in [1.165, 1.54) is 0 Å². The van der Waals surface area contributed by atoms with E-state index in [4.69, 9.17) is 0 Å². The highest BCUT2D eigenvalue weighted by molar-refractivity contribution is 5.74. The Morgan fingerprint density at radius 2 is 1.76 bits per heavy atom. The van der Waals surface area contributed by atoms with Gasteiger partial charge < -0.3 is 20.4 Å². The van der Waals surface area contributed by atoms with E-state index in [1.807, 2.05) is 30.3 Å². The fraction of sp³-hybridized carbons (Fsp3) is 0.650. The van der Waals surface area contributed by atoms with Gasteiger partial charge in [0, 0.05) is 12.6 Å². The quantitative estimate of drug-likeness (QED) is 0.768. The molecule has 1 aromatic rings. The minimum Gasteiger partial charge on any atom is -0.393 e. The van der Waals surface area contributed by atoms with Crippen molar-refractivity contribution >= 4 is 6.03 Å². The summed E-state index contributed by atoms with van der Waals surface area (Å²) in [5.41, 5.74) is 0.313. The van der Waals surface area contributed by atoms with Gasteiger partial charge in [-0.05, 0) is 44.1 Å². The van der Waals surface area contributed by atoms with Crippen molar-refractivity contribution in [2.24, 2.45) is 0 Å². The molecule has 0 heterocycles. The van der Waals surface area contributed by atoms with Crippen molar-refractivity contribution in [2.45, 2.75) is 75.7 Å². The molecule has 0 aromatic heterocycles. The van der Waals surface area contributed by atoms with Crippen molar-refractivity contribution < 1.29 is 15.0 Å². The maximum Gasteiger partial charge on any atom is 0.318 e. The zero-order chi connectivity index (χ0) is 17.7. The van der Waals surface area contributed by atoms with Crippen molar-refractivity contribution in [3.05, 3.63) is 35.9 Å². The minimum absolute atomic E-state index is 0.106. The molecule has 0 aliphatic heterocycles. The summed E-state index contributed by atoms with van der Waals surface area (Å²) in [5.74, 6) is 0. The van der Waals surface area contributed by atoms with Crippen LogP contribution in [0.4, 0.5) is 4.79 Å². The SMILES string of the molecule is O=C(NC1CCC(O)CC1)N(Cc1ccccc1)CC1(O)CCCC1. The van der Waals surface area contributed by atoms with Gasteiger partial charge in [0.15, 0.2) is 0 Å². The molecule has 0 bridgehead atoms. The third-order valence-corrected chi connectivity index (χ3v) is 5.55. The first-order valence-electron chi connectivity index (χ1n) is 9.54. The lowest BCUT2D eigenvalue weighted by Gasteiger charge is -2.34. The maximum atomic E-state index is 12.9. The topological polar surface area (TPSA) is 72.8 Å². The highest BCUT2D eigenvalue weighted by atomic mass is 16.3. The molecule has 2 aliphatic rings. The van der Waals surface area contributed by atoms with E-state index in [0.717, 1.165) is 56.9 Å². The van der Waals surface area contributed by atoms with E-state index in [0.29, 0.717) is 13.1 Å². The third-order valence-electron chi connectivity index (χ3n) is 5.55. The molecule has 0 radical (unpaired) electrons. The fourth-order valence-electron chi connectivity index (χ4n) is 4.04. The number of urea groups is 1. The van der Waals surface area contributed by atoms with E-state index in [2.05, 4.69) is 5.32 Å². The van der Waals surface area contributed by atoms with Gasteiger partial charge in [0.05, 0.1) is 18.2 Å². The smallest absolute Gasteiger partial charge is 0.318 e. The summed E-state index contributed by atoms with van der Waals surface area (Å²) in [6.07, 6.45) is 6.47. The van der Waals surface area contributed by atoms with Crippen LogP contribution in [0, 0.1) is 0 Å². The second-order valence-corrected chi connectivity index (χ2v) is 7.73. The molecule has 138 valence electrons. The summed E-state index contributed by atoms with van der Waals surface area (Å²) in [6.45, 7) is 0.882. The van der Waals surface area contributed by atoms with Crippen LogP contribution in [0.15, 0.2) is 30.3 Å². The van der Waals surface area contributed by atoms with Gasteiger partial charge in [0.1, 0.15) is 0 Å². The third kappa shape index (κ3) is 5.19. The van der Waals surface area contributed by atoms with Crippen molar-refractivity contribution in [3.63, 3.8) is 0 Å². The Kier molecular flexibility index (Phi) is 5.97. The molecule has 0 saturated heterocycles. The minimum atomic E-state index is -0.755.